The summed E-state index contributed by atoms with van der Waals surface area (Å²) in [5.74, 6) is 0.418. The summed E-state index contributed by atoms with van der Waals surface area (Å²) in [7, 11) is 0. The standard InChI is InChI=1S/C10H11ClN6/c1-6(7-4-2-3-5-13-7)14-10-16-8(11)15-9(12)17-10/h2-6H,1H3,(H3,12,14,15,16,17). The maximum atomic E-state index is 5.68. The number of rotatable bonds is 3. The van der Waals surface area contributed by atoms with Gasteiger partial charge in [-0.2, -0.15) is 15.0 Å². The lowest BCUT2D eigenvalue weighted by Gasteiger charge is -2.12. The summed E-state index contributed by atoms with van der Waals surface area (Å²) in [4.78, 5) is 15.8. The number of nitrogens with zero attached hydrogens (tertiary/aromatic N) is 4. The van der Waals surface area contributed by atoms with Crippen molar-refractivity contribution in [3.63, 3.8) is 0 Å². The Labute approximate surface area is 103 Å². The number of anilines is 2. The molecule has 17 heavy (non-hydrogen) atoms. The van der Waals surface area contributed by atoms with E-state index in [9.17, 15) is 0 Å². The third-order valence-electron chi connectivity index (χ3n) is 2.10. The summed E-state index contributed by atoms with van der Waals surface area (Å²) in [5.41, 5.74) is 6.35. The Morgan fingerprint density at radius 3 is 2.76 bits per heavy atom. The zero-order chi connectivity index (χ0) is 12.3. The smallest absolute Gasteiger partial charge is 0.229 e. The Bertz CT molecular complexity index is 483. The van der Waals surface area contributed by atoms with E-state index in [0.29, 0.717) is 5.95 Å². The van der Waals surface area contributed by atoms with E-state index in [1.165, 1.54) is 0 Å². The second kappa shape index (κ2) is 4.92. The van der Waals surface area contributed by atoms with Crippen LogP contribution in [0.1, 0.15) is 18.7 Å². The molecular weight excluding hydrogens is 240 g/mol. The van der Waals surface area contributed by atoms with E-state index >= 15 is 0 Å². The molecule has 6 nitrogen and oxygen atoms in total. The highest BCUT2D eigenvalue weighted by atomic mass is 35.5. The number of hydrogen-bond acceptors (Lipinski definition) is 6. The Hall–Kier alpha value is -1.95. The molecule has 3 N–H and O–H groups in total. The van der Waals surface area contributed by atoms with Gasteiger partial charge in [0.1, 0.15) is 0 Å². The second-order valence-corrected chi connectivity index (χ2v) is 3.74. The second-order valence-electron chi connectivity index (χ2n) is 3.41. The molecule has 2 heterocycles. The number of halogens is 1. The molecule has 0 aliphatic rings. The topological polar surface area (TPSA) is 89.6 Å². The maximum Gasteiger partial charge on any atom is 0.229 e. The van der Waals surface area contributed by atoms with Gasteiger partial charge in [-0.1, -0.05) is 6.07 Å². The zero-order valence-corrected chi connectivity index (χ0v) is 9.89. The zero-order valence-electron chi connectivity index (χ0n) is 9.13. The number of pyridine rings is 1. The third-order valence-corrected chi connectivity index (χ3v) is 2.27. The van der Waals surface area contributed by atoms with E-state index < -0.39 is 0 Å². The van der Waals surface area contributed by atoms with E-state index in [4.69, 9.17) is 17.3 Å². The highest BCUT2D eigenvalue weighted by Gasteiger charge is 2.09. The molecule has 0 saturated heterocycles. The van der Waals surface area contributed by atoms with Crippen molar-refractivity contribution in [3.8, 4) is 0 Å². The Morgan fingerprint density at radius 1 is 1.29 bits per heavy atom. The van der Waals surface area contributed by atoms with Crippen molar-refractivity contribution in [2.45, 2.75) is 13.0 Å². The van der Waals surface area contributed by atoms with Crippen molar-refractivity contribution in [1.82, 2.24) is 19.9 Å². The Balaban J connectivity index is 2.16. The molecular formula is C10H11ClN6. The first kappa shape index (κ1) is 11.5. The van der Waals surface area contributed by atoms with Crippen molar-refractivity contribution in [2.24, 2.45) is 0 Å². The summed E-state index contributed by atoms with van der Waals surface area (Å²) in [6.45, 7) is 1.94. The van der Waals surface area contributed by atoms with Gasteiger partial charge in [-0.15, -0.1) is 0 Å². The lowest BCUT2D eigenvalue weighted by atomic mass is 10.2. The molecule has 2 aromatic rings. The first-order valence-corrected chi connectivity index (χ1v) is 5.37. The molecule has 0 aliphatic heterocycles. The van der Waals surface area contributed by atoms with Crippen LogP contribution in [0.25, 0.3) is 0 Å². The molecule has 0 fully saturated rings. The van der Waals surface area contributed by atoms with Gasteiger partial charge >= 0.3 is 0 Å². The first-order valence-electron chi connectivity index (χ1n) is 4.99. The predicted molar refractivity (Wildman–Crippen MR) is 65.5 cm³/mol. The minimum absolute atomic E-state index is 0.0472. The van der Waals surface area contributed by atoms with Crippen LogP contribution in [-0.2, 0) is 0 Å². The van der Waals surface area contributed by atoms with Crippen molar-refractivity contribution in [2.75, 3.05) is 11.1 Å². The van der Waals surface area contributed by atoms with E-state index in [2.05, 4.69) is 25.3 Å². The average molecular weight is 251 g/mol. The lowest BCUT2D eigenvalue weighted by molar-refractivity contribution is 0.818. The van der Waals surface area contributed by atoms with Crippen molar-refractivity contribution < 1.29 is 0 Å². The molecule has 0 aromatic carbocycles. The van der Waals surface area contributed by atoms with Crippen molar-refractivity contribution in [1.29, 1.82) is 0 Å². The van der Waals surface area contributed by atoms with Crippen LogP contribution in [-0.4, -0.2) is 19.9 Å². The number of aromatic nitrogens is 4. The summed E-state index contributed by atoms with van der Waals surface area (Å²) < 4.78 is 0. The summed E-state index contributed by atoms with van der Waals surface area (Å²) >= 11 is 5.68. The van der Waals surface area contributed by atoms with Gasteiger partial charge in [-0.3, -0.25) is 4.98 Å². The van der Waals surface area contributed by atoms with Crippen molar-refractivity contribution in [3.05, 3.63) is 35.4 Å². The predicted octanol–water partition coefficient (Wildman–Crippen LogP) is 1.68. The highest BCUT2D eigenvalue weighted by molar-refractivity contribution is 6.28. The molecule has 2 rings (SSSR count). The molecule has 0 saturated carbocycles. The fraction of sp³-hybridized carbons (Fsp3) is 0.200. The Kier molecular flexibility index (Phi) is 3.34. The van der Waals surface area contributed by atoms with Gasteiger partial charge in [0, 0.05) is 6.20 Å². The van der Waals surface area contributed by atoms with Gasteiger partial charge in [0.05, 0.1) is 11.7 Å². The molecule has 1 unspecified atom stereocenters. The summed E-state index contributed by atoms with van der Waals surface area (Å²) in [6, 6.07) is 5.63. The van der Waals surface area contributed by atoms with Gasteiger partial charge in [-0.05, 0) is 30.7 Å². The molecule has 7 heteroatoms. The maximum absolute atomic E-state index is 5.68. The van der Waals surface area contributed by atoms with Crippen LogP contribution < -0.4 is 11.1 Å². The molecule has 1 atom stereocenters. The van der Waals surface area contributed by atoms with Crippen molar-refractivity contribution >= 4 is 23.5 Å². The molecule has 0 radical (unpaired) electrons. The van der Waals surface area contributed by atoms with E-state index in [-0.39, 0.29) is 17.3 Å². The Morgan fingerprint density at radius 2 is 2.12 bits per heavy atom. The molecule has 88 valence electrons. The largest absolute Gasteiger partial charge is 0.368 e. The van der Waals surface area contributed by atoms with Crippen LogP contribution in [0.15, 0.2) is 24.4 Å². The molecule has 0 aliphatic carbocycles. The van der Waals surface area contributed by atoms with Crippen LogP contribution in [0.4, 0.5) is 11.9 Å². The van der Waals surface area contributed by atoms with Gasteiger partial charge in [0.25, 0.3) is 0 Å². The molecule has 2 aromatic heterocycles. The fourth-order valence-corrected chi connectivity index (χ4v) is 1.50. The van der Waals surface area contributed by atoms with E-state index in [0.717, 1.165) is 5.69 Å². The normalized spacial score (nSPS) is 12.1. The van der Waals surface area contributed by atoms with Crippen LogP contribution in [0.2, 0.25) is 5.28 Å². The number of hydrogen-bond donors (Lipinski definition) is 2. The number of nitrogens with one attached hydrogen (secondary N) is 1. The first-order chi connectivity index (χ1) is 8.15. The van der Waals surface area contributed by atoms with Crippen LogP contribution in [0.3, 0.4) is 0 Å². The van der Waals surface area contributed by atoms with Crippen LogP contribution in [0, 0.1) is 0 Å². The lowest BCUT2D eigenvalue weighted by Crippen LogP contribution is -2.12. The molecule has 0 spiro atoms. The summed E-state index contributed by atoms with van der Waals surface area (Å²) in [6.07, 6.45) is 1.72. The monoisotopic (exact) mass is 250 g/mol. The minimum atomic E-state index is -0.0472. The molecule has 0 bridgehead atoms. The van der Waals surface area contributed by atoms with Gasteiger partial charge < -0.3 is 11.1 Å². The van der Waals surface area contributed by atoms with E-state index in [1.807, 2.05) is 25.1 Å². The molecule has 0 amide bonds. The van der Waals surface area contributed by atoms with Crippen LogP contribution >= 0.6 is 11.6 Å². The number of nitrogen functional groups attached to an aromatic ring is 1. The third kappa shape index (κ3) is 3.01. The highest BCUT2D eigenvalue weighted by Crippen LogP contribution is 2.15. The van der Waals surface area contributed by atoms with Gasteiger partial charge in [0.15, 0.2) is 0 Å². The number of nitrogens with two attached hydrogens (primary N) is 1. The van der Waals surface area contributed by atoms with E-state index in [1.54, 1.807) is 6.20 Å². The van der Waals surface area contributed by atoms with Gasteiger partial charge in [-0.25, -0.2) is 0 Å². The SMILES string of the molecule is CC(Nc1nc(N)nc(Cl)n1)c1ccccn1. The van der Waals surface area contributed by atoms with Crippen LogP contribution in [0.5, 0.6) is 0 Å². The average Bonchev–Trinajstić information content (AvgIpc) is 2.28. The fourth-order valence-electron chi connectivity index (χ4n) is 1.33. The van der Waals surface area contributed by atoms with Gasteiger partial charge in [0.2, 0.25) is 17.2 Å². The minimum Gasteiger partial charge on any atom is -0.368 e. The summed E-state index contributed by atoms with van der Waals surface area (Å²) in [5, 5.41) is 3.11. The quantitative estimate of drug-likeness (QED) is 0.861.